The van der Waals surface area contributed by atoms with Crippen LogP contribution >= 0.6 is 11.6 Å². The van der Waals surface area contributed by atoms with Crippen LogP contribution in [0.3, 0.4) is 0 Å². The molecule has 0 fully saturated rings. The Morgan fingerprint density at radius 1 is 1.00 bits per heavy atom. The van der Waals surface area contributed by atoms with Crippen LogP contribution in [0.15, 0.2) is 59.8 Å². The first-order chi connectivity index (χ1) is 17.5. The summed E-state index contributed by atoms with van der Waals surface area (Å²) in [5.41, 5.74) is -7.46. The highest BCUT2D eigenvalue weighted by atomic mass is 35.5. The highest BCUT2D eigenvalue weighted by Crippen LogP contribution is 2.52. The van der Waals surface area contributed by atoms with E-state index in [2.05, 4.69) is 0 Å². The van der Waals surface area contributed by atoms with Gasteiger partial charge in [-0.1, -0.05) is 49.7 Å². The van der Waals surface area contributed by atoms with Crippen LogP contribution in [0.25, 0.3) is 0 Å². The molecular formula is C26H21ClF6N2O3. The predicted molar refractivity (Wildman–Crippen MR) is 125 cm³/mol. The largest absolute Gasteiger partial charge is 0.425 e. The molecular weight excluding hydrogens is 538 g/mol. The van der Waals surface area contributed by atoms with Gasteiger partial charge >= 0.3 is 12.4 Å². The molecule has 2 amide bonds. The highest BCUT2D eigenvalue weighted by Gasteiger charge is 2.71. The van der Waals surface area contributed by atoms with Crippen molar-refractivity contribution in [3.05, 3.63) is 81.5 Å². The van der Waals surface area contributed by atoms with E-state index in [9.17, 15) is 40.7 Å². The molecule has 0 bridgehead atoms. The molecule has 0 spiro atoms. The minimum absolute atomic E-state index is 0.0957. The smallest absolute Gasteiger partial charge is 0.326 e. The van der Waals surface area contributed by atoms with Crippen molar-refractivity contribution in [3.63, 3.8) is 0 Å². The molecule has 12 heteroatoms. The van der Waals surface area contributed by atoms with E-state index in [1.54, 1.807) is 31.3 Å². The summed E-state index contributed by atoms with van der Waals surface area (Å²) in [6.07, 6.45) is -10.8. The molecule has 0 saturated heterocycles. The zero-order chi connectivity index (χ0) is 28.3. The van der Waals surface area contributed by atoms with Gasteiger partial charge in [0.25, 0.3) is 11.8 Å². The molecule has 1 aliphatic carbocycles. The lowest BCUT2D eigenvalue weighted by Crippen LogP contribution is -2.66. The average molecular weight is 559 g/mol. The highest BCUT2D eigenvalue weighted by molar-refractivity contribution is 6.31. The van der Waals surface area contributed by atoms with Crippen LogP contribution in [0.1, 0.15) is 48.2 Å². The van der Waals surface area contributed by atoms with E-state index in [-0.39, 0.29) is 23.6 Å². The van der Waals surface area contributed by atoms with Crippen LogP contribution in [-0.4, -0.2) is 34.2 Å². The first-order valence-electron chi connectivity index (χ1n) is 11.4. The number of carbonyl (C=O) groups is 3. The lowest BCUT2D eigenvalue weighted by Gasteiger charge is -2.35. The summed E-state index contributed by atoms with van der Waals surface area (Å²) in [4.78, 5) is 40.7. The van der Waals surface area contributed by atoms with Crippen LogP contribution < -0.4 is 5.32 Å². The van der Waals surface area contributed by atoms with E-state index < -0.39 is 64.1 Å². The summed E-state index contributed by atoms with van der Waals surface area (Å²) < 4.78 is 84.1. The summed E-state index contributed by atoms with van der Waals surface area (Å²) in [5, 5.41) is 1.80. The van der Waals surface area contributed by atoms with Gasteiger partial charge in [-0.3, -0.25) is 14.4 Å². The average Bonchev–Trinajstić information content (AvgIpc) is 3.02. The maximum atomic E-state index is 14.9. The van der Waals surface area contributed by atoms with Crippen LogP contribution in [-0.2, 0) is 22.3 Å². The number of amides is 2. The van der Waals surface area contributed by atoms with Crippen LogP contribution in [0.5, 0.6) is 0 Å². The first-order valence-corrected chi connectivity index (χ1v) is 11.7. The van der Waals surface area contributed by atoms with E-state index in [1.165, 1.54) is 12.1 Å². The molecule has 2 aromatic carbocycles. The number of rotatable bonds is 4. The third-order valence-corrected chi connectivity index (χ3v) is 6.95. The van der Waals surface area contributed by atoms with E-state index >= 15 is 0 Å². The van der Waals surface area contributed by atoms with Gasteiger partial charge in [-0.25, -0.2) is 0 Å². The Bertz CT molecular complexity index is 1370. The first kappa shape index (κ1) is 27.7. The van der Waals surface area contributed by atoms with E-state index in [1.807, 2.05) is 0 Å². The molecule has 38 heavy (non-hydrogen) atoms. The van der Waals surface area contributed by atoms with Crippen molar-refractivity contribution >= 4 is 29.2 Å². The summed E-state index contributed by atoms with van der Waals surface area (Å²) >= 11 is 6.18. The molecule has 202 valence electrons. The second-order valence-corrected chi connectivity index (χ2v) is 10.4. The second-order valence-electron chi connectivity index (χ2n) is 10.0. The Morgan fingerprint density at radius 3 is 2.26 bits per heavy atom. The Labute approximate surface area is 218 Å². The van der Waals surface area contributed by atoms with Crippen LogP contribution in [0.4, 0.5) is 26.3 Å². The predicted octanol–water partition coefficient (Wildman–Crippen LogP) is 6.08. The van der Waals surface area contributed by atoms with Gasteiger partial charge in [0, 0.05) is 22.7 Å². The van der Waals surface area contributed by atoms with Crippen molar-refractivity contribution < 1.29 is 40.7 Å². The minimum atomic E-state index is -5.51. The van der Waals surface area contributed by atoms with Gasteiger partial charge < -0.3 is 10.2 Å². The van der Waals surface area contributed by atoms with E-state index in [0.717, 1.165) is 17.0 Å². The fourth-order valence-electron chi connectivity index (χ4n) is 4.87. The van der Waals surface area contributed by atoms with Crippen molar-refractivity contribution in [1.29, 1.82) is 0 Å². The van der Waals surface area contributed by atoms with E-state index in [4.69, 9.17) is 11.6 Å². The van der Waals surface area contributed by atoms with Crippen molar-refractivity contribution in [2.75, 3.05) is 0 Å². The number of hydrogen-bond acceptors (Lipinski definition) is 3. The molecule has 4 rings (SSSR count). The Kier molecular flexibility index (Phi) is 6.66. The minimum Gasteiger partial charge on any atom is -0.326 e. The number of halogens is 7. The maximum absolute atomic E-state index is 14.9. The number of allylic oxidation sites excluding steroid dienone is 1. The number of Topliss-reactive ketones (excluding diaryl/α,β-unsaturated/α-hetero) is 1. The maximum Gasteiger partial charge on any atom is 0.425 e. The molecule has 2 aliphatic rings. The molecule has 0 saturated carbocycles. The van der Waals surface area contributed by atoms with Gasteiger partial charge in [0.15, 0.2) is 5.78 Å². The van der Waals surface area contributed by atoms with Crippen molar-refractivity contribution in [3.8, 4) is 0 Å². The third-order valence-electron chi connectivity index (χ3n) is 6.58. The fraction of sp³-hybridized carbons (Fsp3) is 0.346. The molecule has 1 N–H and O–H groups in total. The lowest BCUT2D eigenvalue weighted by molar-refractivity contribution is -0.190. The van der Waals surface area contributed by atoms with Gasteiger partial charge in [-0.05, 0) is 41.7 Å². The summed E-state index contributed by atoms with van der Waals surface area (Å²) in [6.45, 7) is 2.89. The van der Waals surface area contributed by atoms with Crippen molar-refractivity contribution in [1.82, 2.24) is 10.2 Å². The molecule has 0 unspecified atom stereocenters. The van der Waals surface area contributed by atoms with E-state index in [0.29, 0.717) is 17.7 Å². The standard InChI is InChI=1S/C26H21ClF6N2O3/c1-23(2)11-18-20(19(36)12-23)24(26(31,32)33,22(38)35(18)13-15-6-3-4-9-17(15)27)34-21(37)14-7-5-8-16(10-14)25(28,29)30/h3-10H,11-13H2,1-2H3,(H,34,37)/t24-/m1/s1. The molecule has 1 aliphatic heterocycles. The summed E-state index contributed by atoms with van der Waals surface area (Å²) in [7, 11) is 0. The number of benzene rings is 2. The van der Waals surface area contributed by atoms with Crippen molar-refractivity contribution in [2.45, 2.75) is 51.1 Å². The van der Waals surface area contributed by atoms with Gasteiger partial charge in [-0.2, -0.15) is 26.3 Å². The lowest BCUT2D eigenvalue weighted by atomic mass is 9.72. The molecule has 1 heterocycles. The van der Waals surface area contributed by atoms with Gasteiger partial charge in [0.1, 0.15) is 0 Å². The Morgan fingerprint density at radius 2 is 1.66 bits per heavy atom. The Balaban J connectivity index is 1.87. The molecule has 1 atom stereocenters. The van der Waals surface area contributed by atoms with Gasteiger partial charge in [-0.15, -0.1) is 0 Å². The van der Waals surface area contributed by atoms with Crippen LogP contribution in [0, 0.1) is 5.41 Å². The van der Waals surface area contributed by atoms with Crippen molar-refractivity contribution in [2.24, 2.45) is 5.41 Å². The molecule has 0 aromatic heterocycles. The number of carbonyl (C=O) groups excluding carboxylic acids is 3. The third kappa shape index (κ3) is 4.68. The normalized spacial score (nSPS) is 21.6. The van der Waals surface area contributed by atoms with Gasteiger partial charge in [0.2, 0.25) is 5.54 Å². The number of ketones is 1. The Hall–Kier alpha value is -3.34. The monoisotopic (exact) mass is 558 g/mol. The number of alkyl halides is 6. The quantitative estimate of drug-likeness (QED) is 0.463. The second kappa shape index (κ2) is 9.14. The topological polar surface area (TPSA) is 66.5 Å². The van der Waals surface area contributed by atoms with Crippen LogP contribution in [0.2, 0.25) is 5.02 Å². The molecule has 2 aromatic rings. The number of nitrogens with zero attached hydrogens (tertiary/aromatic N) is 1. The molecule has 5 nitrogen and oxygen atoms in total. The SMILES string of the molecule is CC1(C)CC(=O)C2=C(C1)N(Cc1ccccc1Cl)C(=O)[C@@]2(NC(=O)c1cccc(C(F)(F)F)c1)C(F)(F)F. The summed E-state index contributed by atoms with van der Waals surface area (Å²) in [5.74, 6) is -4.22. The zero-order valence-electron chi connectivity index (χ0n) is 20.1. The molecule has 0 radical (unpaired) electrons. The number of nitrogens with one attached hydrogen (secondary N) is 1. The fourth-order valence-corrected chi connectivity index (χ4v) is 5.06. The van der Waals surface area contributed by atoms with Gasteiger partial charge in [0.05, 0.1) is 17.7 Å². The summed E-state index contributed by atoms with van der Waals surface area (Å²) in [6, 6.07) is 8.91. The zero-order valence-corrected chi connectivity index (χ0v) is 20.8. The number of hydrogen-bond donors (Lipinski definition) is 1.